The van der Waals surface area contributed by atoms with Crippen LogP contribution in [0.2, 0.25) is 0 Å². The van der Waals surface area contributed by atoms with Crippen LogP contribution < -0.4 is 0 Å². The van der Waals surface area contributed by atoms with Gasteiger partial charge in [0.15, 0.2) is 0 Å². The van der Waals surface area contributed by atoms with E-state index in [1.54, 1.807) is 0 Å². The molecule has 0 saturated carbocycles. The average Bonchev–Trinajstić information content (AvgIpc) is 2.62. The Morgan fingerprint density at radius 3 is 2.87 bits per heavy atom. The molecule has 0 N–H and O–H groups in total. The Hall–Kier alpha value is -1.35. The van der Waals surface area contributed by atoms with Crippen molar-refractivity contribution in [3.63, 3.8) is 0 Å². The van der Waals surface area contributed by atoms with E-state index in [4.69, 9.17) is 0 Å². The number of aromatic nitrogens is 2. The van der Waals surface area contributed by atoms with Gasteiger partial charge in [0.05, 0.1) is 32.5 Å². The minimum atomic E-state index is 0.989. The van der Waals surface area contributed by atoms with Crippen molar-refractivity contribution in [1.29, 1.82) is 0 Å². The first-order chi connectivity index (χ1) is 7.12. The lowest BCUT2D eigenvalue weighted by Crippen LogP contribution is -2.38. The van der Waals surface area contributed by atoms with Crippen LogP contribution in [0.5, 0.6) is 0 Å². The molecule has 3 heteroatoms. The van der Waals surface area contributed by atoms with Crippen LogP contribution in [0.15, 0.2) is 30.6 Å². The van der Waals surface area contributed by atoms with E-state index in [0.29, 0.717) is 0 Å². The smallest absolute Gasteiger partial charge is 0.137 e. The fourth-order valence-electron chi connectivity index (χ4n) is 1.65. The number of quaternary nitrogens is 1. The average molecular weight is 204 g/mol. The highest BCUT2D eigenvalue weighted by Gasteiger charge is 2.15. The van der Waals surface area contributed by atoms with Crippen LogP contribution in [-0.4, -0.2) is 34.5 Å². The summed E-state index contributed by atoms with van der Waals surface area (Å²) in [4.78, 5) is 4.39. The minimum Gasteiger partial charge on any atom is -0.324 e. The molecule has 0 bridgehead atoms. The van der Waals surface area contributed by atoms with Gasteiger partial charge in [-0.15, -0.1) is 0 Å². The Bertz CT molecular complexity index is 457. The van der Waals surface area contributed by atoms with Crippen molar-refractivity contribution >= 4 is 5.65 Å². The minimum absolute atomic E-state index is 0.989. The molecule has 0 amide bonds. The van der Waals surface area contributed by atoms with Crippen LogP contribution in [-0.2, 0) is 6.54 Å². The van der Waals surface area contributed by atoms with Gasteiger partial charge in [0.2, 0.25) is 0 Å². The largest absolute Gasteiger partial charge is 0.324 e. The molecule has 0 spiro atoms. The lowest BCUT2D eigenvalue weighted by molar-refractivity contribution is -0.902. The maximum absolute atomic E-state index is 4.39. The zero-order chi connectivity index (χ0) is 10.9. The molecule has 2 heterocycles. The second-order valence-electron chi connectivity index (χ2n) is 4.59. The summed E-state index contributed by atoms with van der Waals surface area (Å²) in [6.45, 7) is 4.35. The van der Waals surface area contributed by atoms with Gasteiger partial charge in [-0.1, -0.05) is 6.07 Å². The Kier molecular flexibility index (Phi) is 2.49. The Morgan fingerprint density at radius 1 is 1.33 bits per heavy atom. The summed E-state index contributed by atoms with van der Waals surface area (Å²) in [5.74, 6) is 0. The van der Waals surface area contributed by atoms with Crippen molar-refractivity contribution < 1.29 is 4.48 Å². The second kappa shape index (κ2) is 3.66. The van der Waals surface area contributed by atoms with Crippen molar-refractivity contribution in [3.8, 4) is 0 Å². The van der Waals surface area contributed by atoms with Gasteiger partial charge in [-0.2, -0.15) is 0 Å². The van der Waals surface area contributed by atoms with Crippen molar-refractivity contribution in [1.82, 2.24) is 9.38 Å². The van der Waals surface area contributed by atoms with E-state index in [1.807, 2.05) is 24.4 Å². The van der Waals surface area contributed by atoms with Gasteiger partial charge in [0.1, 0.15) is 12.2 Å². The molecule has 2 aromatic rings. The van der Waals surface area contributed by atoms with Crippen molar-refractivity contribution in [3.05, 3.63) is 36.3 Å². The molecule has 80 valence electrons. The van der Waals surface area contributed by atoms with Crippen LogP contribution in [0.3, 0.4) is 0 Å². The zero-order valence-corrected chi connectivity index (χ0v) is 9.64. The van der Waals surface area contributed by atoms with Crippen LogP contribution >= 0.6 is 0 Å². The fraction of sp³-hybridized carbons (Fsp3) is 0.417. The highest BCUT2D eigenvalue weighted by Crippen LogP contribution is 2.11. The number of hydrogen-bond donors (Lipinski definition) is 0. The first-order valence-electron chi connectivity index (χ1n) is 5.35. The van der Waals surface area contributed by atoms with E-state index in [9.17, 15) is 0 Å². The van der Waals surface area contributed by atoms with Crippen LogP contribution in [0.25, 0.3) is 5.65 Å². The summed E-state index contributed by atoms with van der Waals surface area (Å²) in [7, 11) is 4.48. The molecule has 15 heavy (non-hydrogen) atoms. The van der Waals surface area contributed by atoms with Gasteiger partial charge in [0, 0.05) is 6.20 Å². The zero-order valence-electron chi connectivity index (χ0n) is 9.64. The molecule has 0 fully saturated rings. The molecule has 2 rings (SSSR count). The topological polar surface area (TPSA) is 17.3 Å². The molecule has 3 nitrogen and oxygen atoms in total. The number of imidazole rings is 1. The van der Waals surface area contributed by atoms with Crippen molar-refractivity contribution in [2.45, 2.75) is 13.5 Å². The van der Waals surface area contributed by atoms with E-state index >= 15 is 0 Å². The summed E-state index contributed by atoms with van der Waals surface area (Å²) in [5, 5.41) is 0. The molecule has 0 aromatic carbocycles. The van der Waals surface area contributed by atoms with Gasteiger partial charge < -0.3 is 4.48 Å². The van der Waals surface area contributed by atoms with E-state index in [2.05, 4.69) is 36.6 Å². The lowest BCUT2D eigenvalue weighted by atomic mass is 10.3. The number of fused-ring (bicyclic) bond motifs is 1. The third kappa shape index (κ3) is 2.02. The molecule has 0 aliphatic rings. The summed E-state index contributed by atoms with van der Waals surface area (Å²) in [5.41, 5.74) is 2.31. The predicted molar refractivity (Wildman–Crippen MR) is 61.5 cm³/mol. The van der Waals surface area contributed by atoms with Gasteiger partial charge in [-0.3, -0.25) is 4.40 Å². The van der Waals surface area contributed by atoms with Gasteiger partial charge in [-0.05, 0) is 19.1 Å². The quantitative estimate of drug-likeness (QED) is 0.698. The third-order valence-corrected chi connectivity index (χ3v) is 2.94. The number of rotatable bonds is 3. The number of pyridine rings is 1. The monoisotopic (exact) mass is 204 g/mol. The molecule has 0 unspecified atom stereocenters. The standard InChI is InChI=1S/C12H18N3/c1-4-15(2,3)10-11-9-13-12-7-5-6-8-14(11)12/h5-9H,4,10H2,1-3H3/q+1. The molecule has 2 aromatic heterocycles. The molecule has 0 radical (unpaired) electrons. The highest BCUT2D eigenvalue weighted by molar-refractivity contribution is 5.39. The Morgan fingerprint density at radius 2 is 2.13 bits per heavy atom. The third-order valence-electron chi connectivity index (χ3n) is 2.94. The summed E-state index contributed by atoms with van der Waals surface area (Å²) < 4.78 is 3.15. The molecular formula is C12H18N3+. The predicted octanol–water partition coefficient (Wildman–Crippen LogP) is 1.93. The van der Waals surface area contributed by atoms with Crippen LogP contribution in [0.4, 0.5) is 0 Å². The summed E-state index contributed by atoms with van der Waals surface area (Å²) >= 11 is 0. The number of nitrogens with zero attached hydrogens (tertiary/aromatic N) is 3. The molecule has 0 atom stereocenters. The van der Waals surface area contributed by atoms with E-state index < -0.39 is 0 Å². The first-order valence-corrected chi connectivity index (χ1v) is 5.35. The maximum Gasteiger partial charge on any atom is 0.137 e. The van der Waals surface area contributed by atoms with Crippen molar-refractivity contribution in [2.24, 2.45) is 0 Å². The van der Waals surface area contributed by atoms with E-state index in [0.717, 1.165) is 23.2 Å². The fourth-order valence-corrected chi connectivity index (χ4v) is 1.65. The van der Waals surface area contributed by atoms with Gasteiger partial charge in [0.25, 0.3) is 0 Å². The first kappa shape index (κ1) is 10.2. The van der Waals surface area contributed by atoms with Crippen LogP contribution in [0.1, 0.15) is 12.6 Å². The number of hydrogen-bond acceptors (Lipinski definition) is 1. The molecule has 0 aliphatic carbocycles. The Balaban J connectivity index is 2.37. The SMILES string of the molecule is CC[N+](C)(C)Cc1cnc2ccccn12. The highest BCUT2D eigenvalue weighted by atomic mass is 15.3. The lowest BCUT2D eigenvalue weighted by Gasteiger charge is -2.27. The molecular weight excluding hydrogens is 186 g/mol. The molecule has 0 saturated heterocycles. The second-order valence-corrected chi connectivity index (χ2v) is 4.59. The van der Waals surface area contributed by atoms with Crippen LogP contribution in [0, 0.1) is 0 Å². The Labute approximate surface area is 90.6 Å². The maximum atomic E-state index is 4.39. The summed E-state index contributed by atoms with van der Waals surface area (Å²) in [6.07, 6.45) is 4.05. The summed E-state index contributed by atoms with van der Waals surface area (Å²) in [6, 6.07) is 6.10. The van der Waals surface area contributed by atoms with Crippen molar-refractivity contribution in [2.75, 3.05) is 20.6 Å². The van der Waals surface area contributed by atoms with Gasteiger partial charge >= 0.3 is 0 Å². The van der Waals surface area contributed by atoms with E-state index in [-0.39, 0.29) is 0 Å². The normalized spacial score (nSPS) is 12.2. The van der Waals surface area contributed by atoms with E-state index in [1.165, 1.54) is 5.69 Å². The molecule has 0 aliphatic heterocycles. The van der Waals surface area contributed by atoms with Gasteiger partial charge in [-0.25, -0.2) is 4.98 Å².